The molecule has 2 rings (SSSR count). The Morgan fingerprint density at radius 1 is 1.38 bits per heavy atom. The maximum absolute atomic E-state index is 13.0. The van der Waals surface area contributed by atoms with Crippen LogP contribution in [0.3, 0.4) is 0 Å². The van der Waals surface area contributed by atoms with Gasteiger partial charge in [-0.15, -0.1) is 11.8 Å². The minimum atomic E-state index is -0.884. The van der Waals surface area contributed by atoms with Gasteiger partial charge in [-0.1, -0.05) is 0 Å². The second kappa shape index (κ2) is 8.34. The molecule has 0 aliphatic carbocycles. The molecule has 21 heavy (non-hydrogen) atoms. The van der Waals surface area contributed by atoms with Crippen LogP contribution in [-0.2, 0) is 4.79 Å². The second-order valence-electron chi connectivity index (χ2n) is 5.22. The van der Waals surface area contributed by atoms with Crippen molar-refractivity contribution >= 4 is 17.7 Å². The van der Waals surface area contributed by atoms with E-state index < -0.39 is 11.6 Å². The number of amides is 1. The first-order valence-electron chi connectivity index (χ1n) is 7.20. The number of benzene rings is 1. The fourth-order valence-electron chi connectivity index (χ4n) is 2.35. The Morgan fingerprint density at radius 3 is 2.95 bits per heavy atom. The van der Waals surface area contributed by atoms with Gasteiger partial charge in [-0.3, -0.25) is 4.79 Å². The predicted molar refractivity (Wildman–Crippen MR) is 80.3 cm³/mol. The molecule has 1 aromatic rings. The lowest BCUT2D eigenvalue weighted by Crippen LogP contribution is -2.33. The van der Waals surface area contributed by atoms with Crippen LogP contribution in [0.2, 0.25) is 0 Å². The first kappa shape index (κ1) is 16.2. The third-order valence-corrected chi connectivity index (χ3v) is 4.53. The number of hydrogen-bond acceptors (Lipinski definition) is 3. The molecule has 0 radical (unpaired) electrons. The molecule has 1 heterocycles. The van der Waals surface area contributed by atoms with E-state index >= 15 is 0 Å². The van der Waals surface area contributed by atoms with Gasteiger partial charge in [-0.05, 0) is 56.5 Å². The van der Waals surface area contributed by atoms with E-state index in [1.54, 1.807) is 0 Å². The minimum absolute atomic E-state index is 0.0755. The van der Waals surface area contributed by atoms with Crippen LogP contribution < -0.4 is 10.6 Å². The molecule has 1 aliphatic rings. The molecule has 0 aromatic heterocycles. The number of halogens is 2. The van der Waals surface area contributed by atoms with Gasteiger partial charge in [0.1, 0.15) is 0 Å². The number of thioether (sulfide) groups is 1. The molecule has 1 atom stereocenters. The summed E-state index contributed by atoms with van der Waals surface area (Å²) in [6.07, 6.45) is 3.39. The van der Waals surface area contributed by atoms with Gasteiger partial charge in [0, 0.05) is 11.4 Å². The van der Waals surface area contributed by atoms with Crippen LogP contribution in [-0.4, -0.2) is 31.3 Å². The van der Waals surface area contributed by atoms with Crippen molar-refractivity contribution in [1.82, 2.24) is 10.6 Å². The SMILES string of the molecule is O=C(CSc1ccc(F)c(F)c1)NCCC1CCCNC1. The van der Waals surface area contributed by atoms with Gasteiger partial charge >= 0.3 is 0 Å². The van der Waals surface area contributed by atoms with Gasteiger partial charge in [0.05, 0.1) is 5.75 Å². The summed E-state index contributed by atoms with van der Waals surface area (Å²) < 4.78 is 25.8. The number of carbonyl (C=O) groups excluding carboxylic acids is 1. The smallest absolute Gasteiger partial charge is 0.230 e. The molecule has 0 saturated carbocycles. The number of hydrogen-bond donors (Lipinski definition) is 2. The number of carbonyl (C=O) groups is 1. The molecule has 2 N–H and O–H groups in total. The van der Waals surface area contributed by atoms with Crippen LogP contribution in [0.25, 0.3) is 0 Å². The summed E-state index contributed by atoms with van der Waals surface area (Å²) >= 11 is 1.21. The highest BCUT2D eigenvalue weighted by atomic mass is 32.2. The van der Waals surface area contributed by atoms with Crippen molar-refractivity contribution in [2.75, 3.05) is 25.4 Å². The maximum Gasteiger partial charge on any atom is 0.230 e. The standard InChI is InChI=1S/C15H20F2N2OS/c16-13-4-3-12(8-14(13)17)21-10-15(20)19-7-5-11-2-1-6-18-9-11/h3-4,8,11,18H,1-2,5-7,9-10H2,(H,19,20). The molecular formula is C15H20F2N2OS. The Bertz CT molecular complexity index is 479. The average Bonchev–Trinajstić information content (AvgIpc) is 2.49. The molecule has 1 aromatic carbocycles. The summed E-state index contributed by atoms with van der Waals surface area (Å²) in [6, 6.07) is 3.66. The Kier molecular flexibility index (Phi) is 6.45. The van der Waals surface area contributed by atoms with Crippen LogP contribution in [0.5, 0.6) is 0 Å². The summed E-state index contributed by atoms with van der Waals surface area (Å²) in [5.41, 5.74) is 0. The van der Waals surface area contributed by atoms with Crippen LogP contribution in [0.1, 0.15) is 19.3 Å². The average molecular weight is 314 g/mol. The van der Waals surface area contributed by atoms with Gasteiger partial charge in [0.25, 0.3) is 0 Å². The molecule has 0 spiro atoms. The predicted octanol–water partition coefficient (Wildman–Crippen LogP) is 2.56. The van der Waals surface area contributed by atoms with E-state index in [0.29, 0.717) is 17.4 Å². The van der Waals surface area contributed by atoms with Gasteiger partial charge < -0.3 is 10.6 Å². The van der Waals surface area contributed by atoms with E-state index in [1.165, 1.54) is 30.7 Å². The van der Waals surface area contributed by atoms with E-state index in [0.717, 1.165) is 31.6 Å². The zero-order valence-corrected chi connectivity index (χ0v) is 12.6. The highest BCUT2D eigenvalue weighted by Crippen LogP contribution is 2.20. The largest absolute Gasteiger partial charge is 0.355 e. The molecular weight excluding hydrogens is 294 g/mol. The van der Waals surface area contributed by atoms with Crippen molar-refractivity contribution < 1.29 is 13.6 Å². The Labute approximate surface area is 127 Å². The molecule has 1 amide bonds. The van der Waals surface area contributed by atoms with Gasteiger partial charge in [0.15, 0.2) is 11.6 Å². The first-order chi connectivity index (χ1) is 10.1. The van der Waals surface area contributed by atoms with E-state index in [2.05, 4.69) is 10.6 Å². The van der Waals surface area contributed by atoms with Crippen LogP contribution in [0, 0.1) is 17.6 Å². The van der Waals surface area contributed by atoms with E-state index in [-0.39, 0.29) is 11.7 Å². The molecule has 1 unspecified atom stereocenters. The van der Waals surface area contributed by atoms with Crippen molar-refractivity contribution in [3.8, 4) is 0 Å². The summed E-state index contributed by atoms with van der Waals surface area (Å²) in [6.45, 7) is 2.79. The summed E-state index contributed by atoms with van der Waals surface area (Å²) in [5, 5.41) is 6.22. The summed E-state index contributed by atoms with van der Waals surface area (Å²) in [5.74, 6) is -0.977. The fourth-order valence-corrected chi connectivity index (χ4v) is 3.10. The summed E-state index contributed by atoms with van der Waals surface area (Å²) in [7, 11) is 0. The van der Waals surface area contributed by atoms with Crippen molar-refractivity contribution in [2.45, 2.75) is 24.2 Å². The Balaban J connectivity index is 1.63. The highest BCUT2D eigenvalue weighted by Gasteiger charge is 2.13. The maximum atomic E-state index is 13.0. The topological polar surface area (TPSA) is 41.1 Å². The van der Waals surface area contributed by atoms with Crippen molar-refractivity contribution in [3.63, 3.8) is 0 Å². The minimum Gasteiger partial charge on any atom is -0.355 e. The quantitative estimate of drug-likeness (QED) is 0.793. The van der Waals surface area contributed by atoms with Crippen LogP contribution in [0.4, 0.5) is 8.78 Å². The normalized spacial score (nSPS) is 18.5. The van der Waals surface area contributed by atoms with Gasteiger partial charge in [-0.25, -0.2) is 8.78 Å². The summed E-state index contributed by atoms with van der Waals surface area (Å²) in [4.78, 5) is 12.3. The first-order valence-corrected chi connectivity index (χ1v) is 8.19. The lowest BCUT2D eigenvalue weighted by Gasteiger charge is -2.22. The van der Waals surface area contributed by atoms with Crippen molar-refractivity contribution in [2.24, 2.45) is 5.92 Å². The number of rotatable bonds is 6. The van der Waals surface area contributed by atoms with E-state index in [4.69, 9.17) is 0 Å². The Hall–Kier alpha value is -1.14. The molecule has 3 nitrogen and oxygen atoms in total. The molecule has 116 valence electrons. The van der Waals surface area contributed by atoms with Gasteiger partial charge in [-0.2, -0.15) is 0 Å². The molecule has 1 saturated heterocycles. The monoisotopic (exact) mass is 314 g/mol. The third kappa shape index (κ3) is 5.63. The number of piperidine rings is 1. The fraction of sp³-hybridized carbons (Fsp3) is 0.533. The van der Waals surface area contributed by atoms with Crippen molar-refractivity contribution in [3.05, 3.63) is 29.8 Å². The molecule has 1 aliphatic heterocycles. The van der Waals surface area contributed by atoms with Crippen LogP contribution in [0.15, 0.2) is 23.1 Å². The molecule has 6 heteroatoms. The van der Waals surface area contributed by atoms with E-state index in [9.17, 15) is 13.6 Å². The van der Waals surface area contributed by atoms with Crippen molar-refractivity contribution in [1.29, 1.82) is 0 Å². The third-order valence-electron chi connectivity index (χ3n) is 3.53. The van der Waals surface area contributed by atoms with Crippen LogP contribution >= 0.6 is 11.8 Å². The molecule has 0 bridgehead atoms. The lowest BCUT2D eigenvalue weighted by atomic mass is 9.96. The highest BCUT2D eigenvalue weighted by molar-refractivity contribution is 8.00. The lowest BCUT2D eigenvalue weighted by molar-refractivity contribution is -0.118. The zero-order valence-electron chi connectivity index (χ0n) is 11.8. The second-order valence-corrected chi connectivity index (χ2v) is 6.26. The zero-order chi connectivity index (χ0) is 15.1. The Morgan fingerprint density at radius 2 is 2.24 bits per heavy atom. The van der Waals surface area contributed by atoms with E-state index in [1.807, 2.05) is 0 Å². The number of nitrogens with one attached hydrogen (secondary N) is 2. The molecule has 1 fully saturated rings. The van der Waals surface area contributed by atoms with Gasteiger partial charge in [0.2, 0.25) is 5.91 Å².